The van der Waals surface area contributed by atoms with Crippen LogP contribution in [-0.4, -0.2) is 77.1 Å². The highest BCUT2D eigenvalue weighted by atomic mass is 35.6. The first kappa shape index (κ1) is 34.1. The van der Waals surface area contributed by atoms with Crippen LogP contribution in [0.4, 0.5) is 11.4 Å². The number of anilines is 2. The predicted octanol–water partition coefficient (Wildman–Crippen LogP) is 6.70. The fourth-order valence-electron chi connectivity index (χ4n) is 5.93. The molecule has 3 aromatic rings. The smallest absolute Gasteiger partial charge is 0.276 e. The van der Waals surface area contributed by atoms with Crippen molar-refractivity contribution in [2.24, 2.45) is 0 Å². The molecule has 1 saturated heterocycles. The highest BCUT2D eigenvalue weighted by molar-refractivity contribution is 6.76. The second kappa shape index (κ2) is 16.0. The van der Waals surface area contributed by atoms with E-state index in [1.165, 1.54) is 0 Å². The molecule has 46 heavy (non-hydrogen) atoms. The summed E-state index contributed by atoms with van der Waals surface area (Å²) in [5.74, 6) is -0.201. The van der Waals surface area contributed by atoms with Crippen LogP contribution in [0.2, 0.25) is 0 Å². The molecular formula is C35H39Cl3N4O4. The molecule has 0 radical (unpaired) electrons. The third-order valence-electron chi connectivity index (χ3n) is 8.26. The van der Waals surface area contributed by atoms with E-state index in [-0.39, 0.29) is 12.6 Å². The number of carbonyl (C=O) groups excluding carboxylic acids is 2. The van der Waals surface area contributed by atoms with Gasteiger partial charge in [0.05, 0.1) is 25.4 Å². The molecule has 2 N–H and O–H groups in total. The molecule has 2 aliphatic rings. The SMILES string of the molecule is O=C(Nc1ccccc1)C1=CC(Cc2ccccc2)(N(CNc2cccc(OCCN3CCOCC3)c2)C(=O)C(Cl)(Cl)Cl)CCC1. The van der Waals surface area contributed by atoms with Crippen LogP contribution >= 0.6 is 34.8 Å². The van der Waals surface area contributed by atoms with E-state index in [1.807, 2.05) is 91.0 Å². The standard InChI is InChI=1S/C35H39Cl3N4O4/c36-35(37,38)33(44)42(26-39-30-14-7-15-31(23-30)46-22-19-41-17-20-45-21-18-41)34(24-27-9-3-1-4-10-27)16-8-11-28(25-34)32(43)40-29-12-5-2-6-13-29/h1-7,9-10,12-15,23,25,39H,8,11,16-22,24,26H2,(H,40,43). The first-order chi connectivity index (χ1) is 22.2. The molecule has 1 fully saturated rings. The summed E-state index contributed by atoms with van der Waals surface area (Å²) < 4.78 is 9.25. The van der Waals surface area contributed by atoms with Crippen molar-refractivity contribution in [2.45, 2.75) is 35.0 Å². The fraction of sp³-hybridized carbons (Fsp3) is 0.371. The number of halogens is 3. The zero-order valence-electron chi connectivity index (χ0n) is 25.6. The normalized spacial score (nSPS) is 18.7. The van der Waals surface area contributed by atoms with Crippen molar-refractivity contribution < 1.29 is 19.1 Å². The van der Waals surface area contributed by atoms with Gasteiger partial charge in [-0.25, -0.2) is 0 Å². The van der Waals surface area contributed by atoms with E-state index < -0.39 is 15.2 Å². The number of nitrogens with one attached hydrogen (secondary N) is 2. The number of amides is 2. The molecule has 0 spiro atoms. The van der Waals surface area contributed by atoms with Crippen LogP contribution in [-0.2, 0) is 20.7 Å². The van der Waals surface area contributed by atoms with Gasteiger partial charge in [-0.05, 0) is 61.6 Å². The predicted molar refractivity (Wildman–Crippen MR) is 185 cm³/mol. The van der Waals surface area contributed by atoms with Crippen molar-refractivity contribution in [3.05, 3.63) is 102 Å². The van der Waals surface area contributed by atoms with Gasteiger partial charge in [-0.1, -0.05) is 89.4 Å². The van der Waals surface area contributed by atoms with Crippen LogP contribution in [0.3, 0.4) is 0 Å². The molecule has 2 amide bonds. The van der Waals surface area contributed by atoms with Gasteiger partial charge in [0.15, 0.2) is 0 Å². The Balaban J connectivity index is 1.40. The molecule has 0 bridgehead atoms. The minimum Gasteiger partial charge on any atom is -0.492 e. The lowest BCUT2D eigenvalue weighted by molar-refractivity contribution is -0.135. The Labute approximate surface area is 285 Å². The molecule has 1 aliphatic heterocycles. The Morgan fingerprint density at radius 3 is 2.35 bits per heavy atom. The molecule has 0 saturated carbocycles. The number of benzene rings is 3. The van der Waals surface area contributed by atoms with E-state index in [9.17, 15) is 9.59 Å². The van der Waals surface area contributed by atoms with Gasteiger partial charge < -0.3 is 25.0 Å². The van der Waals surface area contributed by atoms with Gasteiger partial charge >= 0.3 is 0 Å². The van der Waals surface area contributed by atoms with E-state index in [0.717, 1.165) is 44.1 Å². The minimum absolute atomic E-state index is 0.0287. The zero-order chi connectivity index (χ0) is 32.4. The number of para-hydroxylation sites is 1. The molecule has 3 aromatic carbocycles. The van der Waals surface area contributed by atoms with E-state index in [1.54, 1.807) is 4.90 Å². The summed E-state index contributed by atoms with van der Waals surface area (Å²) in [7, 11) is 0. The number of nitrogens with zero attached hydrogens (tertiary/aromatic N) is 2. The zero-order valence-corrected chi connectivity index (χ0v) is 27.9. The molecule has 244 valence electrons. The van der Waals surface area contributed by atoms with Crippen LogP contribution in [0, 0.1) is 0 Å². The van der Waals surface area contributed by atoms with Gasteiger partial charge in [0.2, 0.25) is 0 Å². The fourth-order valence-corrected chi connectivity index (χ4v) is 6.24. The summed E-state index contributed by atoms with van der Waals surface area (Å²) in [6.07, 6.45) is 4.11. The number of carbonyl (C=O) groups is 2. The Hall–Kier alpha value is -3.27. The third kappa shape index (κ3) is 9.39. The minimum atomic E-state index is -2.21. The summed E-state index contributed by atoms with van der Waals surface area (Å²) in [6, 6.07) is 26.7. The second-order valence-electron chi connectivity index (χ2n) is 11.5. The molecule has 1 atom stereocenters. The first-order valence-corrected chi connectivity index (χ1v) is 16.6. The van der Waals surface area contributed by atoms with E-state index in [4.69, 9.17) is 44.3 Å². The number of hydrogen-bond donors (Lipinski definition) is 2. The van der Waals surface area contributed by atoms with Gasteiger partial charge in [-0.3, -0.25) is 14.5 Å². The summed E-state index contributed by atoms with van der Waals surface area (Å²) >= 11 is 18.8. The summed E-state index contributed by atoms with van der Waals surface area (Å²) in [5.41, 5.74) is 2.03. The Morgan fingerprint density at radius 1 is 0.935 bits per heavy atom. The lowest BCUT2D eigenvalue weighted by Crippen LogP contribution is -2.58. The molecule has 11 heteroatoms. The van der Waals surface area contributed by atoms with Crippen molar-refractivity contribution in [2.75, 3.05) is 56.8 Å². The Morgan fingerprint density at radius 2 is 1.63 bits per heavy atom. The van der Waals surface area contributed by atoms with Gasteiger partial charge in [0.1, 0.15) is 12.4 Å². The lowest BCUT2D eigenvalue weighted by Gasteiger charge is -2.46. The monoisotopic (exact) mass is 684 g/mol. The maximum absolute atomic E-state index is 13.9. The van der Waals surface area contributed by atoms with Crippen LogP contribution < -0.4 is 15.4 Å². The van der Waals surface area contributed by atoms with Gasteiger partial charge in [-0.15, -0.1) is 0 Å². The summed E-state index contributed by atoms with van der Waals surface area (Å²) in [4.78, 5) is 31.3. The van der Waals surface area contributed by atoms with Crippen LogP contribution in [0.15, 0.2) is 96.6 Å². The molecule has 1 unspecified atom stereocenters. The number of ether oxygens (including phenoxy) is 2. The largest absolute Gasteiger partial charge is 0.492 e. The molecule has 5 rings (SSSR count). The second-order valence-corrected chi connectivity index (χ2v) is 13.8. The number of alkyl halides is 3. The summed E-state index contributed by atoms with van der Waals surface area (Å²) in [6.45, 7) is 4.65. The highest BCUT2D eigenvalue weighted by Gasteiger charge is 2.46. The van der Waals surface area contributed by atoms with E-state index in [2.05, 4.69) is 15.5 Å². The highest BCUT2D eigenvalue weighted by Crippen LogP contribution is 2.40. The third-order valence-corrected chi connectivity index (χ3v) is 8.74. The van der Waals surface area contributed by atoms with Crippen LogP contribution in [0.5, 0.6) is 5.75 Å². The maximum Gasteiger partial charge on any atom is 0.276 e. The molecule has 8 nitrogen and oxygen atoms in total. The Kier molecular flexibility index (Phi) is 11.9. The van der Waals surface area contributed by atoms with Crippen molar-refractivity contribution in [1.82, 2.24) is 9.80 Å². The number of hydrogen-bond acceptors (Lipinski definition) is 6. The van der Waals surface area contributed by atoms with Crippen LogP contribution in [0.1, 0.15) is 24.8 Å². The Bertz CT molecular complexity index is 1480. The molecular weight excluding hydrogens is 647 g/mol. The van der Waals surface area contributed by atoms with Crippen molar-refractivity contribution >= 4 is 58.0 Å². The number of morpholine rings is 1. The van der Waals surface area contributed by atoms with Crippen molar-refractivity contribution in [3.63, 3.8) is 0 Å². The van der Waals surface area contributed by atoms with E-state index in [0.29, 0.717) is 49.3 Å². The van der Waals surface area contributed by atoms with Gasteiger partial charge in [0.25, 0.3) is 15.6 Å². The van der Waals surface area contributed by atoms with Crippen molar-refractivity contribution in [1.29, 1.82) is 0 Å². The lowest BCUT2D eigenvalue weighted by atomic mass is 9.77. The number of rotatable bonds is 12. The average Bonchev–Trinajstić information content (AvgIpc) is 3.06. The van der Waals surface area contributed by atoms with Crippen molar-refractivity contribution in [3.8, 4) is 5.75 Å². The summed E-state index contributed by atoms with van der Waals surface area (Å²) in [5, 5.41) is 6.35. The molecule has 1 aliphatic carbocycles. The van der Waals surface area contributed by atoms with Gasteiger partial charge in [-0.2, -0.15) is 0 Å². The first-order valence-electron chi connectivity index (χ1n) is 15.5. The van der Waals surface area contributed by atoms with E-state index >= 15 is 0 Å². The van der Waals surface area contributed by atoms with Gasteiger partial charge in [0, 0.05) is 42.6 Å². The molecule has 0 aromatic heterocycles. The van der Waals surface area contributed by atoms with Crippen LogP contribution in [0.25, 0.3) is 0 Å². The maximum atomic E-state index is 13.9. The molecule has 1 heterocycles. The topological polar surface area (TPSA) is 83.1 Å². The average molecular weight is 686 g/mol. The quantitative estimate of drug-likeness (QED) is 0.163.